The van der Waals surface area contributed by atoms with E-state index in [1.165, 1.54) is 10.5 Å². The van der Waals surface area contributed by atoms with Gasteiger partial charge in [-0.25, -0.2) is 0 Å². The molecule has 0 saturated carbocycles. The van der Waals surface area contributed by atoms with Gasteiger partial charge < -0.3 is 14.8 Å². The number of hydrogen-bond donors (Lipinski definition) is 1. The first kappa shape index (κ1) is 25.2. The van der Waals surface area contributed by atoms with Crippen molar-refractivity contribution in [2.45, 2.75) is 26.7 Å². The van der Waals surface area contributed by atoms with Crippen LogP contribution in [0.15, 0.2) is 77.2 Å². The predicted molar refractivity (Wildman–Crippen MR) is 142 cm³/mol. The third kappa shape index (κ3) is 5.52. The second kappa shape index (κ2) is 10.8. The van der Waals surface area contributed by atoms with Crippen LogP contribution in [0.3, 0.4) is 0 Å². The van der Waals surface area contributed by atoms with Gasteiger partial charge in [0.1, 0.15) is 34.4 Å². The molecule has 8 nitrogen and oxygen atoms in total. The van der Waals surface area contributed by atoms with E-state index < -0.39 is 11.5 Å². The second-order valence-corrected chi connectivity index (χ2v) is 8.72. The summed E-state index contributed by atoms with van der Waals surface area (Å²) in [6.45, 7) is 6.02. The number of aryl methyl sites for hydroxylation is 1. The van der Waals surface area contributed by atoms with Crippen LogP contribution in [0, 0.1) is 18.3 Å². The van der Waals surface area contributed by atoms with E-state index in [2.05, 4.69) is 10.3 Å². The van der Waals surface area contributed by atoms with Crippen LogP contribution in [-0.4, -0.2) is 22.4 Å². The molecule has 0 aliphatic carbocycles. The average molecular weight is 495 g/mol. The minimum absolute atomic E-state index is 0.00805. The van der Waals surface area contributed by atoms with Gasteiger partial charge in [0, 0.05) is 11.9 Å². The fourth-order valence-electron chi connectivity index (χ4n) is 3.76. The molecule has 37 heavy (non-hydrogen) atoms. The van der Waals surface area contributed by atoms with Gasteiger partial charge in [0.15, 0.2) is 0 Å². The summed E-state index contributed by atoms with van der Waals surface area (Å²) in [4.78, 5) is 31.0. The molecule has 2 heterocycles. The molecule has 0 aliphatic heterocycles. The van der Waals surface area contributed by atoms with Crippen LogP contribution in [0.1, 0.15) is 36.5 Å². The van der Waals surface area contributed by atoms with Crippen molar-refractivity contribution in [1.29, 1.82) is 5.26 Å². The Balaban J connectivity index is 1.81. The van der Waals surface area contributed by atoms with Crippen molar-refractivity contribution in [3.8, 4) is 23.4 Å². The van der Waals surface area contributed by atoms with E-state index in [0.29, 0.717) is 22.8 Å². The topological polar surface area (TPSA) is 106 Å². The lowest BCUT2D eigenvalue weighted by Gasteiger charge is -2.16. The Morgan fingerprint density at radius 3 is 2.57 bits per heavy atom. The molecule has 0 aliphatic rings. The summed E-state index contributed by atoms with van der Waals surface area (Å²) in [5.41, 5.74) is 2.01. The summed E-state index contributed by atoms with van der Waals surface area (Å²) >= 11 is 0. The van der Waals surface area contributed by atoms with Gasteiger partial charge in [0.2, 0.25) is 5.88 Å². The molecule has 0 atom stereocenters. The molecule has 0 radical (unpaired) electrons. The van der Waals surface area contributed by atoms with Gasteiger partial charge in [-0.15, -0.1) is 0 Å². The molecule has 4 aromatic rings. The number of anilines is 1. The molecule has 1 N–H and O–H groups in total. The number of benzene rings is 2. The van der Waals surface area contributed by atoms with Gasteiger partial charge in [-0.2, -0.15) is 10.2 Å². The van der Waals surface area contributed by atoms with Crippen molar-refractivity contribution in [2.75, 3.05) is 12.4 Å². The number of aromatic nitrogens is 2. The number of hydrogen-bond acceptors (Lipinski definition) is 6. The minimum Gasteiger partial charge on any atom is -0.497 e. The van der Waals surface area contributed by atoms with Crippen molar-refractivity contribution >= 4 is 23.3 Å². The molecular formula is C29H26N4O4. The number of nitrogens with one attached hydrogen (secondary N) is 1. The number of amides is 1. The van der Waals surface area contributed by atoms with E-state index in [9.17, 15) is 14.9 Å². The summed E-state index contributed by atoms with van der Waals surface area (Å²) < 4.78 is 12.7. The zero-order valence-electron chi connectivity index (χ0n) is 21.0. The number of methoxy groups -OCH3 is 1. The summed E-state index contributed by atoms with van der Waals surface area (Å²) in [6, 6.07) is 19.5. The van der Waals surface area contributed by atoms with Crippen LogP contribution in [-0.2, 0) is 4.79 Å². The first-order valence-corrected chi connectivity index (χ1v) is 11.7. The van der Waals surface area contributed by atoms with Crippen LogP contribution in [0.5, 0.6) is 17.4 Å². The summed E-state index contributed by atoms with van der Waals surface area (Å²) in [5.74, 6) is 0.672. The molecule has 0 fully saturated rings. The number of fused-ring (bicyclic) bond motifs is 1. The highest BCUT2D eigenvalue weighted by molar-refractivity contribution is 6.09. The Labute approximate surface area is 214 Å². The van der Waals surface area contributed by atoms with Crippen molar-refractivity contribution in [2.24, 2.45) is 0 Å². The lowest BCUT2D eigenvalue weighted by Crippen LogP contribution is -2.20. The maximum Gasteiger partial charge on any atom is 0.269 e. The molecule has 8 heteroatoms. The van der Waals surface area contributed by atoms with Crippen LogP contribution in [0.25, 0.3) is 11.7 Å². The first-order valence-electron chi connectivity index (χ1n) is 11.7. The fourth-order valence-corrected chi connectivity index (χ4v) is 3.76. The molecule has 186 valence electrons. The Hall–Kier alpha value is -4.90. The molecule has 1 amide bonds. The third-order valence-electron chi connectivity index (χ3n) is 5.73. The van der Waals surface area contributed by atoms with Crippen molar-refractivity contribution in [1.82, 2.24) is 9.38 Å². The normalized spacial score (nSPS) is 11.3. The van der Waals surface area contributed by atoms with E-state index in [0.717, 1.165) is 11.1 Å². The summed E-state index contributed by atoms with van der Waals surface area (Å²) in [5, 5.41) is 12.5. The van der Waals surface area contributed by atoms with Gasteiger partial charge >= 0.3 is 0 Å². The Morgan fingerprint density at radius 1 is 1.14 bits per heavy atom. The fraction of sp³-hybridized carbons (Fsp3) is 0.172. The van der Waals surface area contributed by atoms with E-state index in [4.69, 9.17) is 9.47 Å². The monoisotopic (exact) mass is 494 g/mol. The standard InChI is InChI=1S/C29H26N4O4/c1-18(2)23-13-8-19(3)15-25(23)37-28-24(29(35)33-14-6-5-7-26(33)32-28)16-20(17-30)27(34)31-21-9-11-22(36-4)12-10-21/h5-16,18H,1-4H3,(H,31,34). The van der Waals surface area contributed by atoms with E-state index in [-0.39, 0.29) is 22.9 Å². The van der Waals surface area contributed by atoms with Crippen molar-refractivity contribution in [3.05, 3.63) is 99.5 Å². The lowest BCUT2D eigenvalue weighted by atomic mass is 10.0. The van der Waals surface area contributed by atoms with Gasteiger partial charge in [0.05, 0.1) is 7.11 Å². The number of carbonyl (C=O) groups is 1. The van der Waals surface area contributed by atoms with Crippen LogP contribution in [0.2, 0.25) is 0 Å². The first-order chi connectivity index (χ1) is 17.8. The number of rotatable bonds is 7. The average Bonchev–Trinajstić information content (AvgIpc) is 2.89. The van der Waals surface area contributed by atoms with Gasteiger partial charge in [-0.05, 0) is 72.5 Å². The van der Waals surface area contributed by atoms with E-state index in [1.807, 2.05) is 45.0 Å². The van der Waals surface area contributed by atoms with Gasteiger partial charge in [-0.3, -0.25) is 14.0 Å². The molecule has 0 bridgehead atoms. The number of pyridine rings is 1. The largest absolute Gasteiger partial charge is 0.497 e. The number of ether oxygens (including phenoxy) is 2. The number of nitriles is 1. The Morgan fingerprint density at radius 2 is 1.89 bits per heavy atom. The zero-order valence-corrected chi connectivity index (χ0v) is 21.0. The smallest absolute Gasteiger partial charge is 0.269 e. The molecule has 4 rings (SSSR count). The maximum atomic E-state index is 13.5. The van der Waals surface area contributed by atoms with Crippen LogP contribution in [0.4, 0.5) is 5.69 Å². The van der Waals surface area contributed by atoms with E-state index >= 15 is 0 Å². The zero-order chi connectivity index (χ0) is 26.5. The van der Waals surface area contributed by atoms with Gasteiger partial charge in [-0.1, -0.05) is 32.0 Å². The number of nitrogens with zero attached hydrogens (tertiary/aromatic N) is 3. The molecule has 2 aromatic carbocycles. The third-order valence-corrected chi connectivity index (χ3v) is 5.73. The highest BCUT2D eigenvalue weighted by atomic mass is 16.5. The Kier molecular flexibility index (Phi) is 7.35. The van der Waals surface area contributed by atoms with Gasteiger partial charge in [0.25, 0.3) is 11.5 Å². The lowest BCUT2D eigenvalue weighted by molar-refractivity contribution is -0.112. The van der Waals surface area contributed by atoms with Crippen molar-refractivity contribution in [3.63, 3.8) is 0 Å². The highest BCUT2D eigenvalue weighted by Gasteiger charge is 2.19. The quantitative estimate of drug-likeness (QED) is 0.270. The van der Waals surface area contributed by atoms with Crippen molar-refractivity contribution < 1.29 is 14.3 Å². The molecule has 0 spiro atoms. The predicted octanol–water partition coefficient (Wildman–Crippen LogP) is 5.47. The molecule has 0 saturated heterocycles. The summed E-state index contributed by atoms with van der Waals surface area (Å²) in [7, 11) is 1.54. The molecule has 2 aromatic heterocycles. The minimum atomic E-state index is -0.672. The van der Waals surface area contributed by atoms with Crippen LogP contribution < -0.4 is 20.3 Å². The molecule has 0 unspecified atom stereocenters. The Bertz CT molecular complexity index is 1600. The second-order valence-electron chi connectivity index (χ2n) is 8.72. The number of carbonyl (C=O) groups excluding carboxylic acids is 1. The SMILES string of the molecule is COc1ccc(NC(=O)C(C#N)=Cc2c(Oc3cc(C)ccc3C(C)C)nc3ccccn3c2=O)cc1. The maximum absolute atomic E-state index is 13.5. The van der Waals surface area contributed by atoms with E-state index in [1.54, 1.807) is 55.8 Å². The molecular weight excluding hydrogens is 468 g/mol. The van der Waals surface area contributed by atoms with Crippen LogP contribution >= 0.6 is 0 Å². The summed E-state index contributed by atoms with van der Waals surface area (Å²) in [6.07, 6.45) is 2.79. The highest BCUT2D eigenvalue weighted by Crippen LogP contribution is 2.32.